The van der Waals surface area contributed by atoms with E-state index in [-0.39, 0.29) is 33.6 Å². The Morgan fingerprint density at radius 3 is 1.68 bits per heavy atom. The molecule has 6 nitrogen and oxygen atoms in total. The molecule has 1 N–H and O–H groups in total. The quantitative estimate of drug-likeness (QED) is 0.119. The van der Waals surface area contributed by atoms with Gasteiger partial charge in [-0.2, -0.15) is 0 Å². The zero-order valence-electron chi connectivity index (χ0n) is 27.5. The van der Waals surface area contributed by atoms with Crippen molar-refractivity contribution in [3.05, 3.63) is 129 Å². The molecule has 0 saturated heterocycles. The van der Waals surface area contributed by atoms with Crippen LogP contribution in [0.1, 0.15) is 96.6 Å². The fourth-order valence-electron chi connectivity index (χ4n) is 6.28. The van der Waals surface area contributed by atoms with Crippen LogP contribution in [-0.2, 0) is 16.2 Å². The first-order valence-corrected chi connectivity index (χ1v) is 15.1. The van der Waals surface area contributed by atoms with Crippen molar-refractivity contribution < 1.29 is 10.0 Å². The smallest absolute Gasteiger partial charge is 0.297 e. The first-order chi connectivity index (χ1) is 20.4. The Kier molecular flexibility index (Phi) is 8.88. The van der Waals surface area contributed by atoms with Gasteiger partial charge >= 0.3 is 0 Å². The number of benzene rings is 4. The number of phenolic OH excluding ortho intramolecular Hbond substituents is 1. The van der Waals surface area contributed by atoms with Gasteiger partial charge < -0.3 is 5.11 Å². The van der Waals surface area contributed by atoms with E-state index in [1.807, 2.05) is 66.7 Å². The van der Waals surface area contributed by atoms with E-state index in [2.05, 4.69) is 84.7 Å². The summed E-state index contributed by atoms with van der Waals surface area (Å²) >= 11 is 0. The summed E-state index contributed by atoms with van der Waals surface area (Å²) in [6.45, 7) is 19.1. The lowest BCUT2D eigenvalue weighted by Gasteiger charge is -2.32. The maximum Gasteiger partial charge on any atom is 0.297 e. The number of azo groups is 1. The van der Waals surface area contributed by atoms with Gasteiger partial charge in [-0.1, -0.05) is 135 Å². The Balaban J connectivity index is 1.87. The average Bonchev–Trinajstić information content (AvgIpc) is 2.96. The number of phenols is 1. The van der Waals surface area contributed by atoms with Crippen molar-refractivity contribution in [1.82, 2.24) is 0 Å². The first-order valence-electron chi connectivity index (χ1n) is 15.1. The number of hydrogen-bond donors (Lipinski definition) is 1. The minimum atomic E-state index is -0.565. The van der Waals surface area contributed by atoms with Crippen LogP contribution in [0.25, 0.3) is 0 Å². The largest absolute Gasteiger partial charge is 0.505 e. The van der Waals surface area contributed by atoms with Gasteiger partial charge in [-0.05, 0) is 51.6 Å². The highest BCUT2D eigenvalue weighted by Crippen LogP contribution is 2.46. The van der Waals surface area contributed by atoms with Gasteiger partial charge in [-0.3, -0.25) is 10.1 Å². The van der Waals surface area contributed by atoms with E-state index < -0.39 is 15.8 Å². The molecule has 4 aromatic rings. The minimum absolute atomic E-state index is 0.000739. The number of nitro benzene ring substituents is 1. The van der Waals surface area contributed by atoms with Gasteiger partial charge in [0, 0.05) is 22.5 Å². The molecule has 230 valence electrons. The highest BCUT2D eigenvalue weighted by atomic mass is 16.6. The van der Waals surface area contributed by atoms with Gasteiger partial charge in [0.2, 0.25) is 0 Å². The van der Waals surface area contributed by atoms with E-state index in [1.54, 1.807) is 12.1 Å². The molecular formula is C38H45N3O3. The van der Waals surface area contributed by atoms with Crippen LogP contribution in [0, 0.1) is 15.5 Å². The second-order valence-electron chi connectivity index (χ2n) is 14.7. The second-order valence-corrected chi connectivity index (χ2v) is 14.7. The molecule has 4 rings (SSSR count). The van der Waals surface area contributed by atoms with Crippen molar-refractivity contribution in [2.45, 2.75) is 85.0 Å². The monoisotopic (exact) mass is 591 g/mol. The molecular weight excluding hydrogens is 546 g/mol. The summed E-state index contributed by atoms with van der Waals surface area (Å²) in [4.78, 5) is 11.8. The molecule has 0 heterocycles. The summed E-state index contributed by atoms with van der Waals surface area (Å²) in [6, 6.07) is 29.3. The van der Waals surface area contributed by atoms with E-state index in [4.69, 9.17) is 0 Å². The zero-order chi connectivity index (χ0) is 32.5. The van der Waals surface area contributed by atoms with E-state index in [0.29, 0.717) is 5.56 Å². The molecule has 6 heteroatoms. The number of aromatic hydroxyl groups is 1. The van der Waals surface area contributed by atoms with Crippen molar-refractivity contribution in [3.63, 3.8) is 0 Å². The minimum Gasteiger partial charge on any atom is -0.505 e. The molecule has 0 spiro atoms. The van der Waals surface area contributed by atoms with Crippen LogP contribution >= 0.6 is 0 Å². The Morgan fingerprint density at radius 1 is 0.636 bits per heavy atom. The second kappa shape index (κ2) is 12.0. The van der Waals surface area contributed by atoms with Gasteiger partial charge in [0.1, 0.15) is 11.4 Å². The van der Waals surface area contributed by atoms with Crippen molar-refractivity contribution in [2.75, 3.05) is 0 Å². The molecule has 0 saturated carbocycles. The summed E-state index contributed by atoms with van der Waals surface area (Å²) in [6.07, 6.45) is 0.857. The number of nitrogens with zero attached hydrogens (tertiary/aromatic N) is 3. The lowest BCUT2D eigenvalue weighted by molar-refractivity contribution is -0.384. The van der Waals surface area contributed by atoms with Gasteiger partial charge in [0.15, 0.2) is 5.69 Å². The SMILES string of the molecule is CC(C)(C)CC(C)(C)c1ccc(N=Nc2cc(C(C)(C)c3ccccc3)cc(C(C)(C)c3ccccc3)c2O)c([N+](=O)[O-])c1. The van der Waals surface area contributed by atoms with Gasteiger partial charge in [-0.25, -0.2) is 0 Å². The fourth-order valence-corrected chi connectivity index (χ4v) is 6.28. The van der Waals surface area contributed by atoms with Crippen molar-refractivity contribution in [1.29, 1.82) is 0 Å². The third-order valence-corrected chi connectivity index (χ3v) is 8.67. The normalized spacial score (nSPS) is 12.9. The molecule has 0 aliphatic carbocycles. The lowest BCUT2D eigenvalue weighted by Crippen LogP contribution is -2.24. The maximum atomic E-state index is 12.2. The topological polar surface area (TPSA) is 88.1 Å². The van der Waals surface area contributed by atoms with Crippen molar-refractivity contribution in [3.8, 4) is 5.75 Å². The van der Waals surface area contributed by atoms with Crippen LogP contribution in [-0.4, -0.2) is 10.0 Å². The van der Waals surface area contributed by atoms with Gasteiger partial charge in [0.25, 0.3) is 5.69 Å². The number of rotatable bonds is 9. The zero-order valence-corrected chi connectivity index (χ0v) is 27.5. The van der Waals surface area contributed by atoms with Crippen molar-refractivity contribution in [2.24, 2.45) is 15.6 Å². The first kappa shape index (κ1) is 32.6. The molecule has 0 aromatic heterocycles. The van der Waals surface area contributed by atoms with E-state index in [0.717, 1.165) is 28.7 Å². The molecule has 0 atom stereocenters. The number of nitro groups is 1. The standard InChI is InChI=1S/C38H45N3O3/c1-35(2,3)25-36(4,5)28-20-21-31(33(24-28)41(43)44)39-40-32-23-29(37(6,7)26-16-12-10-13-17-26)22-30(34(32)42)38(8,9)27-18-14-11-15-19-27/h10-24,42H,25H2,1-9H3. The van der Waals surface area contributed by atoms with Gasteiger partial charge in [-0.15, -0.1) is 10.2 Å². The molecule has 4 aromatic carbocycles. The molecule has 44 heavy (non-hydrogen) atoms. The third kappa shape index (κ3) is 6.91. The Hall–Kier alpha value is -4.32. The van der Waals surface area contributed by atoms with Crippen LogP contribution in [0.5, 0.6) is 5.75 Å². The number of hydrogen-bond acceptors (Lipinski definition) is 5. The van der Waals surface area contributed by atoms with Gasteiger partial charge in [0.05, 0.1) is 4.92 Å². The summed E-state index contributed by atoms with van der Waals surface area (Å²) in [5.41, 5.74) is 3.76. The van der Waals surface area contributed by atoms with Crippen molar-refractivity contribution >= 4 is 17.1 Å². The van der Waals surface area contributed by atoms with E-state index >= 15 is 0 Å². The Morgan fingerprint density at radius 2 is 1.16 bits per heavy atom. The highest BCUT2D eigenvalue weighted by Gasteiger charge is 2.33. The highest BCUT2D eigenvalue weighted by molar-refractivity contribution is 5.64. The molecule has 0 aliphatic rings. The molecule has 0 fully saturated rings. The Bertz CT molecular complexity index is 1670. The predicted octanol–water partition coefficient (Wildman–Crippen LogP) is 11.1. The predicted molar refractivity (Wildman–Crippen MR) is 180 cm³/mol. The van der Waals surface area contributed by atoms with Crippen LogP contribution in [0.4, 0.5) is 17.1 Å². The molecule has 0 bridgehead atoms. The molecule has 0 amide bonds. The summed E-state index contributed by atoms with van der Waals surface area (Å²) < 4.78 is 0. The molecule has 0 unspecified atom stereocenters. The van der Waals surface area contributed by atoms with E-state index in [9.17, 15) is 15.2 Å². The fraction of sp³-hybridized carbons (Fsp3) is 0.368. The molecule has 0 radical (unpaired) electrons. The van der Waals surface area contributed by atoms with Crippen LogP contribution < -0.4 is 0 Å². The summed E-state index contributed by atoms with van der Waals surface area (Å²) in [7, 11) is 0. The third-order valence-electron chi connectivity index (χ3n) is 8.67. The van der Waals surface area contributed by atoms with Crippen LogP contribution in [0.15, 0.2) is 101 Å². The maximum absolute atomic E-state index is 12.2. The average molecular weight is 592 g/mol. The van der Waals surface area contributed by atoms with Crippen LogP contribution in [0.3, 0.4) is 0 Å². The summed E-state index contributed by atoms with van der Waals surface area (Å²) in [5, 5.41) is 32.7. The lowest BCUT2D eigenvalue weighted by atomic mass is 9.72. The Labute approximate surface area is 262 Å². The summed E-state index contributed by atoms with van der Waals surface area (Å²) in [5.74, 6) is 0.000739. The van der Waals surface area contributed by atoms with Crippen LogP contribution in [0.2, 0.25) is 0 Å². The molecule has 0 aliphatic heterocycles. The van der Waals surface area contributed by atoms with E-state index in [1.165, 1.54) is 0 Å².